The molecule has 4 aromatic rings. The number of nitrogens with zero attached hydrogens (tertiary/aromatic N) is 4. The molecular weight excluding hydrogens is 386 g/mol. The first-order chi connectivity index (χ1) is 14.8. The Hall–Kier alpha value is -4.31. The number of nitrogens with two attached hydrogens (primary N) is 1. The molecule has 0 radical (unpaired) electrons. The Morgan fingerprint density at radius 1 is 1.00 bits per heavy atom. The molecule has 0 bridgehead atoms. The van der Waals surface area contributed by atoms with Gasteiger partial charge in [-0.25, -0.2) is 4.98 Å². The van der Waals surface area contributed by atoms with Gasteiger partial charge in [-0.1, -0.05) is 30.3 Å². The van der Waals surface area contributed by atoms with Crippen molar-refractivity contribution in [3.05, 3.63) is 83.6 Å². The molecule has 152 valence electrons. The van der Waals surface area contributed by atoms with Crippen molar-refractivity contribution in [2.24, 2.45) is 0 Å². The van der Waals surface area contributed by atoms with E-state index in [0.717, 1.165) is 16.7 Å². The first kappa shape index (κ1) is 20.0. The second-order valence-electron chi connectivity index (χ2n) is 7.82. The molecule has 0 aliphatic heterocycles. The molecule has 4 N–H and O–H groups in total. The number of hydrogen-bond donors (Lipinski definition) is 3. The number of aromatic nitrogens is 3. The van der Waals surface area contributed by atoms with Gasteiger partial charge < -0.3 is 5.73 Å². The summed E-state index contributed by atoms with van der Waals surface area (Å²) in [5.41, 5.74) is 9.80. The van der Waals surface area contributed by atoms with Gasteiger partial charge in [0.2, 0.25) is 0 Å². The van der Waals surface area contributed by atoms with Crippen LogP contribution in [0.1, 0.15) is 25.0 Å². The Kier molecular flexibility index (Phi) is 4.84. The molecule has 0 amide bonds. The lowest BCUT2D eigenvalue weighted by Gasteiger charge is -2.17. The largest absolute Gasteiger partial charge is 0.384 e. The van der Waals surface area contributed by atoms with Gasteiger partial charge in [-0.3, -0.25) is 20.4 Å². The fourth-order valence-corrected chi connectivity index (χ4v) is 3.36. The van der Waals surface area contributed by atoms with Gasteiger partial charge in [0.15, 0.2) is 0 Å². The quantitative estimate of drug-likeness (QED) is 0.352. The zero-order valence-electron chi connectivity index (χ0n) is 17.2. The fourth-order valence-electron chi connectivity index (χ4n) is 3.36. The molecule has 0 saturated heterocycles. The van der Waals surface area contributed by atoms with E-state index in [4.69, 9.17) is 16.6 Å². The number of fused-ring (bicyclic) bond motifs is 1. The Morgan fingerprint density at radius 3 is 2.35 bits per heavy atom. The third kappa shape index (κ3) is 3.67. The van der Waals surface area contributed by atoms with Crippen LogP contribution in [-0.2, 0) is 5.41 Å². The molecule has 2 aromatic heterocycles. The maximum Gasteiger partial charge on any atom is 0.149 e. The third-order valence-corrected chi connectivity index (χ3v) is 5.29. The van der Waals surface area contributed by atoms with E-state index in [9.17, 15) is 5.26 Å². The van der Waals surface area contributed by atoms with Gasteiger partial charge in [-0.05, 0) is 49.2 Å². The molecule has 0 spiro atoms. The molecular formula is C24H21N7. The average molecular weight is 407 g/mol. The minimum Gasteiger partial charge on any atom is -0.384 e. The fraction of sp³-hybridized carbons (Fsp3) is 0.125. The summed E-state index contributed by atoms with van der Waals surface area (Å²) in [6.07, 6.45) is 3.13. The second-order valence-corrected chi connectivity index (χ2v) is 7.82. The normalized spacial score (nSPS) is 11.3. The van der Waals surface area contributed by atoms with Crippen LogP contribution >= 0.6 is 0 Å². The molecule has 0 atom stereocenters. The van der Waals surface area contributed by atoms with Gasteiger partial charge in [-0.2, -0.15) is 5.26 Å². The SMILES string of the molecule is CC(C)(C#N)c1ccc(C(=N)n2c(=N)cnc3ccc(-c4ccc(N)nc4)cc32)cc1. The molecule has 0 unspecified atom stereocenters. The maximum absolute atomic E-state index is 9.35. The summed E-state index contributed by atoms with van der Waals surface area (Å²) < 4.78 is 1.56. The third-order valence-electron chi connectivity index (χ3n) is 5.29. The summed E-state index contributed by atoms with van der Waals surface area (Å²) in [7, 11) is 0. The number of anilines is 1. The van der Waals surface area contributed by atoms with E-state index in [1.54, 1.807) is 16.8 Å². The summed E-state index contributed by atoms with van der Waals surface area (Å²) in [5, 5.41) is 26.5. The predicted molar refractivity (Wildman–Crippen MR) is 121 cm³/mol. The van der Waals surface area contributed by atoms with Crippen molar-refractivity contribution >= 4 is 22.7 Å². The van der Waals surface area contributed by atoms with Crippen molar-refractivity contribution in [1.82, 2.24) is 14.5 Å². The molecule has 0 fully saturated rings. The molecule has 7 nitrogen and oxygen atoms in total. The first-order valence-corrected chi connectivity index (χ1v) is 9.69. The van der Waals surface area contributed by atoms with Gasteiger partial charge in [0, 0.05) is 17.3 Å². The van der Waals surface area contributed by atoms with Crippen LogP contribution in [0.2, 0.25) is 0 Å². The van der Waals surface area contributed by atoms with Gasteiger partial charge in [0.25, 0.3) is 0 Å². The Morgan fingerprint density at radius 2 is 1.71 bits per heavy atom. The highest BCUT2D eigenvalue weighted by molar-refractivity contribution is 6.02. The van der Waals surface area contributed by atoms with E-state index in [1.165, 1.54) is 6.20 Å². The van der Waals surface area contributed by atoms with E-state index in [-0.39, 0.29) is 11.3 Å². The smallest absolute Gasteiger partial charge is 0.149 e. The Balaban J connectivity index is 1.83. The lowest BCUT2D eigenvalue weighted by molar-refractivity contribution is 0.687. The van der Waals surface area contributed by atoms with Crippen LogP contribution in [0.15, 0.2) is 67.0 Å². The monoisotopic (exact) mass is 407 g/mol. The zero-order valence-corrected chi connectivity index (χ0v) is 17.2. The van der Waals surface area contributed by atoms with Crippen molar-refractivity contribution in [1.29, 1.82) is 16.1 Å². The molecule has 2 aromatic carbocycles. The van der Waals surface area contributed by atoms with Crippen LogP contribution in [0.5, 0.6) is 0 Å². The van der Waals surface area contributed by atoms with Gasteiger partial charge in [0.1, 0.15) is 17.1 Å². The van der Waals surface area contributed by atoms with E-state index in [1.807, 2.05) is 62.4 Å². The summed E-state index contributed by atoms with van der Waals surface area (Å²) >= 11 is 0. The average Bonchev–Trinajstić information content (AvgIpc) is 2.79. The van der Waals surface area contributed by atoms with E-state index in [2.05, 4.69) is 16.0 Å². The molecule has 7 heteroatoms. The van der Waals surface area contributed by atoms with Crippen molar-refractivity contribution in [3.63, 3.8) is 0 Å². The van der Waals surface area contributed by atoms with Crippen LogP contribution in [0.4, 0.5) is 5.82 Å². The van der Waals surface area contributed by atoms with Crippen molar-refractivity contribution in [2.75, 3.05) is 5.73 Å². The highest BCUT2D eigenvalue weighted by atomic mass is 15.1. The lowest BCUT2D eigenvalue weighted by Crippen LogP contribution is -2.28. The number of pyridine rings is 1. The highest BCUT2D eigenvalue weighted by Gasteiger charge is 2.20. The molecule has 0 aliphatic rings. The minimum absolute atomic E-state index is 0.103. The van der Waals surface area contributed by atoms with E-state index < -0.39 is 5.41 Å². The molecule has 0 saturated carbocycles. The standard InChI is InChI=1S/C24H21N7/c1-24(2,14-25)18-7-3-15(4-8-18)23(28)31-20-11-16(17-6-10-21(26)30-12-17)5-9-19(20)29-13-22(31)27/h3-13,27-28H,1-2H3,(H2,26,30). The Labute approximate surface area is 179 Å². The Bertz CT molecular complexity index is 1390. The first-order valence-electron chi connectivity index (χ1n) is 9.69. The topological polar surface area (TPSA) is 128 Å². The van der Waals surface area contributed by atoms with E-state index >= 15 is 0 Å². The predicted octanol–water partition coefficient (Wildman–Crippen LogP) is 3.83. The number of benzene rings is 2. The van der Waals surface area contributed by atoms with Crippen molar-refractivity contribution in [3.8, 4) is 17.2 Å². The van der Waals surface area contributed by atoms with Crippen LogP contribution in [0.3, 0.4) is 0 Å². The second kappa shape index (κ2) is 7.50. The number of nitrogen functional groups attached to an aromatic ring is 1. The van der Waals surface area contributed by atoms with Crippen LogP contribution in [-0.4, -0.2) is 20.4 Å². The van der Waals surface area contributed by atoms with Crippen LogP contribution in [0, 0.1) is 22.1 Å². The summed E-state index contributed by atoms with van der Waals surface area (Å²) in [6, 6.07) is 18.9. The van der Waals surface area contributed by atoms with Crippen molar-refractivity contribution < 1.29 is 0 Å². The molecule has 2 heterocycles. The maximum atomic E-state index is 9.35. The van der Waals surface area contributed by atoms with Gasteiger partial charge in [0.05, 0.1) is 28.7 Å². The van der Waals surface area contributed by atoms with Crippen molar-refractivity contribution in [2.45, 2.75) is 19.3 Å². The van der Waals surface area contributed by atoms with Crippen LogP contribution in [0.25, 0.3) is 22.2 Å². The molecule has 4 rings (SSSR count). The van der Waals surface area contributed by atoms with Gasteiger partial charge in [-0.15, -0.1) is 0 Å². The minimum atomic E-state index is -0.611. The van der Waals surface area contributed by atoms with E-state index in [0.29, 0.717) is 22.4 Å². The number of hydrogen-bond acceptors (Lipinski definition) is 6. The zero-order chi connectivity index (χ0) is 22.2. The lowest BCUT2D eigenvalue weighted by atomic mass is 9.86. The summed E-state index contributed by atoms with van der Waals surface area (Å²) in [4.78, 5) is 8.49. The van der Waals surface area contributed by atoms with Crippen LogP contribution < -0.4 is 11.2 Å². The number of nitriles is 1. The highest BCUT2D eigenvalue weighted by Crippen LogP contribution is 2.25. The number of rotatable bonds is 3. The summed E-state index contributed by atoms with van der Waals surface area (Å²) in [5.74, 6) is 0.603. The number of nitrogens with one attached hydrogen (secondary N) is 2. The molecule has 31 heavy (non-hydrogen) atoms. The van der Waals surface area contributed by atoms with Gasteiger partial charge >= 0.3 is 0 Å². The summed E-state index contributed by atoms with van der Waals surface area (Å²) in [6.45, 7) is 3.71. The molecule has 0 aliphatic carbocycles.